The third-order valence-electron chi connectivity index (χ3n) is 5.89. The Balaban J connectivity index is 0.00000324. The van der Waals surface area contributed by atoms with Crippen LogP contribution in [0.4, 0.5) is 0 Å². The SMILES string of the molecule is Cl.O=C(O)C1(S(=O)(=O)c2ccc(OCCc3cccc(-c4ccccn4)c3)cc2)CCOCC1. The number of aliphatic carboxylic acids is 1. The molecule has 1 saturated heterocycles. The number of benzene rings is 2. The molecule has 0 bridgehead atoms. The van der Waals surface area contributed by atoms with Gasteiger partial charge in [-0.15, -0.1) is 12.4 Å². The summed E-state index contributed by atoms with van der Waals surface area (Å²) >= 11 is 0. The van der Waals surface area contributed by atoms with Gasteiger partial charge in [0.2, 0.25) is 0 Å². The molecule has 1 aromatic heterocycles. The Bertz CT molecular complexity index is 1210. The summed E-state index contributed by atoms with van der Waals surface area (Å²) in [6.07, 6.45) is 2.29. The first-order chi connectivity index (χ1) is 15.9. The molecule has 7 nitrogen and oxygen atoms in total. The Labute approximate surface area is 205 Å². The molecule has 3 aromatic rings. The van der Waals surface area contributed by atoms with Crippen molar-refractivity contribution in [3.63, 3.8) is 0 Å². The maximum Gasteiger partial charge on any atom is 0.325 e. The molecule has 0 unspecified atom stereocenters. The lowest BCUT2D eigenvalue weighted by molar-refractivity contribution is -0.142. The van der Waals surface area contributed by atoms with E-state index in [1.807, 2.05) is 36.4 Å². The summed E-state index contributed by atoms with van der Waals surface area (Å²) in [4.78, 5) is 16.2. The van der Waals surface area contributed by atoms with Crippen molar-refractivity contribution in [3.05, 3.63) is 78.5 Å². The first-order valence-electron chi connectivity index (χ1n) is 10.7. The predicted octanol–water partition coefficient (Wildman–Crippen LogP) is 4.20. The summed E-state index contributed by atoms with van der Waals surface area (Å²) in [5, 5.41) is 9.69. The van der Waals surface area contributed by atoms with Crippen molar-refractivity contribution in [1.82, 2.24) is 4.98 Å². The van der Waals surface area contributed by atoms with E-state index in [1.165, 1.54) is 12.1 Å². The zero-order valence-electron chi connectivity index (χ0n) is 18.4. The number of nitrogens with zero attached hydrogens (tertiary/aromatic N) is 1. The van der Waals surface area contributed by atoms with Crippen molar-refractivity contribution >= 4 is 28.2 Å². The average molecular weight is 504 g/mol. The number of sulfone groups is 1. The third-order valence-corrected chi connectivity index (χ3v) is 8.39. The number of aromatic nitrogens is 1. The lowest BCUT2D eigenvalue weighted by Gasteiger charge is -2.32. The number of hydrogen-bond donors (Lipinski definition) is 1. The van der Waals surface area contributed by atoms with Gasteiger partial charge in [-0.25, -0.2) is 8.42 Å². The number of rotatable bonds is 8. The van der Waals surface area contributed by atoms with Crippen molar-refractivity contribution in [2.45, 2.75) is 28.9 Å². The van der Waals surface area contributed by atoms with E-state index in [4.69, 9.17) is 9.47 Å². The van der Waals surface area contributed by atoms with Crippen LogP contribution in [0, 0.1) is 0 Å². The lowest BCUT2D eigenvalue weighted by atomic mass is 9.99. The van der Waals surface area contributed by atoms with E-state index in [2.05, 4.69) is 11.1 Å². The Kier molecular flexibility index (Phi) is 8.30. The van der Waals surface area contributed by atoms with Gasteiger partial charge in [0.15, 0.2) is 14.6 Å². The van der Waals surface area contributed by atoms with Gasteiger partial charge < -0.3 is 14.6 Å². The van der Waals surface area contributed by atoms with E-state index in [0.29, 0.717) is 18.8 Å². The summed E-state index contributed by atoms with van der Waals surface area (Å²) in [5.74, 6) is -0.815. The van der Waals surface area contributed by atoms with Crippen molar-refractivity contribution in [2.24, 2.45) is 0 Å². The highest BCUT2D eigenvalue weighted by molar-refractivity contribution is 7.93. The number of hydrogen-bond acceptors (Lipinski definition) is 6. The Hall–Kier alpha value is -2.94. The van der Waals surface area contributed by atoms with Gasteiger partial charge >= 0.3 is 5.97 Å². The van der Waals surface area contributed by atoms with Crippen LogP contribution in [0.1, 0.15) is 18.4 Å². The molecule has 2 heterocycles. The van der Waals surface area contributed by atoms with Gasteiger partial charge in [-0.05, 0) is 48.0 Å². The molecule has 180 valence electrons. The van der Waals surface area contributed by atoms with Gasteiger partial charge in [-0.3, -0.25) is 9.78 Å². The van der Waals surface area contributed by atoms with Gasteiger partial charge in [0.05, 0.1) is 17.2 Å². The van der Waals surface area contributed by atoms with E-state index in [1.54, 1.807) is 18.3 Å². The van der Waals surface area contributed by atoms with Crippen LogP contribution in [0.5, 0.6) is 5.75 Å². The fourth-order valence-corrected chi connectivity index (χ4v) is 5.83. The van der Waals surface area contributed by atoms with E-state index in [9.17, 15) is 18.3 Å². The number of carbonyl (C=O) groups is 1. The third kappa shape index (κ3) is 5.24. The highest BCUT2D eigenvalue weighted by atomic mass is 35.5. The topological polar surface area (TPSA) is 103 Å². The summed E-state index contributed by atoms with van der Waals surface area (Å²) in [6.45, 7) is 0.622. The number of carboxylic acid groups (broad SMARTS) is 1. The van der Waals surface area contributed by atoms with E-state index in [-0.39, 0.29) is 43.4 Å². The maximum absolute atomic E-state index is 13.1. The van der Waals surface area contributed by atoms with Crippen LogP contribution in [0.15, 0.2) is 77.8 Å². The Morgan fingerprint density at radius 3 is 2.41 bits per heavy atom. The van der Waals surface area contributed by atoms with E-state index in [0.717, 1.165) is 16.8 Å². The standard InChI is InChI=1S/C25H25NO6S.ClH/c27-24(28)25(12-16-31-17-13-25)33(29,30)22-9-7-21(8-10-22)32-15-11-19-4-3-5-20(18-19)23-6-1-2-14-26-23;/h1-10,14,18H,11-13,15-17H2,(H,27,28);1H. The predicted molar refractivity (Wildman–Crippen MR) is 130 cm³/mol. The number of carboxylic acids is 1. The summed E-state index contributed by atoms with van der Waals surface area (Å²) in [6, 6.07) is 19.8. The molecule has 34 heavy (non-hydrogen) atoms. The second-order valence-corrected chi connectivity index (χ2v) is 10.2. The van der Waals surface area contributed by atoms with E-state index < -0.39 is 20.6 Å². The van der Waals surface area contributed by atoms with Crippen molar-refractivity contribution < 1.29 is 27.8 Å². The highest BCUT2D eigenvalue weighted by Gasteiger charge is 2.52. The molecule has 9 heteroatoms. The normalized spacial score (nSPS) is 15.2. The smallest absolute Gasteiger partial charge is 0.325 e. The van der Waals surface area contributed by atoms with Crippen molar-refractivity contribution in [2.75, 3.05) is 19.8 Å². The molecule has 1 aliphatic rings. The molecule has 4 rings (SSSR count). The fourth-order valence-electron chi connectivity index (χ4n) is 3.95. The minimum Gasteiger partial charge on any atom is -0.493 e. The van der Waals surface area contributed by atoms with Crippen LogP contribution >= 0.6 is 12.4 Å². The van der Waals surface area contributed by atoms with Crippen LogP contribution in [-0.4, -0.2) is 49.0 Å². The molecule has 0 amide bonds. The number of pyridine rings is 1. The Morgan fingerprint density at radius 2 is 1.76 bits per heavy atom. The minimum absolute atomic E-state index is 0. The number of halogens is 1. The quantitative estimate of drug-likeness (QED) is 0.491. The lowest BCUT2D eigenvalue weighted by Crippen LogP contribution is -2.50. The van der Waals surface area contributed by atoms with Crippen molar-refractivity contribution in [1.29, 1.82) is 0 Å². The molecular formula is C25H26ClNO6S. The van der Waals surface area contributed by atoms with Crippen LogP contribution in [0.3, 0.4) is 0 Å². The molecule has 2 aromatic carbocycles. The summed E-state index contributed by atoms with van der Waals surface area (Å²) < 4.78 is 35.4. The number of ether oxygens (including phenoxy) is 2. The Morgan fingerprint density at radius 1 is 1.03 bits per heavy atom. The molecule has 0 radical (unpaired) electrons. The second-order valence-electron chi connectivity index (χ2n) is 7.90. The largest absolute Gasteiger partial charge is 0.493 e. The zero-order chi connectivity index (χ0) is 23.3. The molecule has 0 atom stereocenters. The van der Waals surface area contributed by atoms with Gasteiger partial charge in [0.1, 0.15) is 5.75 Å². The minimum atomic E-state index is -4.08. The van der Waals surface area contributed by atoms with E-state index >= 15 is 0 Å². The molecule has 0 spiro atoms. The molecule has 1 fully saturated rings. The van der Waals surface area contributed by atoms with Crippen molar-refractivity contribution in [3.8, 4) is 17.0 Å². The zero-order valence-corrected chi connectivity index (χ0v) is 20.1. The molecule has 1 N–H and O–H groups in total. The first kappa shape index (κ1) is 25.7. The summed E-state index contributed by atoms with van der Waals surface area (Å²) in [7, 11) is -4.08. The second kappa shape index (κ2) is 11.0. The van der Waals surface area contributed by atoms with Gasteiger partial charge in [-0.1, -0.05) is 24.3 Å². The molecule has 0 aliphatic carbocycles. The first-order valence-corrected chi connectivity index (χ1v) is 12.2. The monoisotopic (exact) mass is 503 g/mol. The fraction of sp³-hybridized carbons (Fsp3) is 0.280. The molecule has 1 aliphatic heterocycles. The van der Waals surface area contributed by atoms with Gasteiger partial charge in [-0.2, -0.15) is 0 Å². The highest BCUT2D eigenvalue weighted by Crippen LogP contribution is 2.35. The van der Waals surface area contributed by atoms with Crippen LogP contribution in [-0.2, 0) is 25.8 Å². The maximum atomic E-state index is 13.1. The molecule has 0 saturated carbocycles. The average Bonchev–Trinajstić information content (AvgIpc) is 2.85. The van der Waals surface area contributed by atoms with Gasteiger partial charge in [0.25, 0.3) is 0 Å². The van der Waals surface area contributed by atoms with Crippen LogP contribution in [0.25, 0.3) is 11.3 Å². The molecular weight excluding hydrogens is 478 g/mol. The van der Waals surface area contributed by atoms with Crippen LogP contribution in [0.2, 0.25) is 0 Å². The van der Waals surface area contributed by atoms with Crippen LogP contribution < -0.4 is 4.74 Å². The summed E-state index contributed by atoms with van der Waals surface area (Å²) in [5.41, 5.74) is 3.03. The van der Waals surface area contributed by atoms with Gasteiger partial charge in [0, 0.05) is 44.2 Å².